The molecule has 3 nitrogen and oxygen atoms in total. The Hall–Kier alpha value is -1.42. The lowest BCUT2D eigenvalue weighted by molar-refractivity contribution is -0.118. The standard InChI is InChI=1S/C12H15FN2O/c13-10-4-1-2-5-11(10)15-9-3-7-14-8-6-12(15)16/h1-2,4-5,14H,3,6-9H2. The molecule has 0 bridgehead atoms. The first-order chi connectivity index (χ1) is 7.79. The van der Waals surface area contributed by atoms with E-state index in [0.717, 1.165) is 13.0 Å². The van der Waals surface area contributed by atoms with Gasteiger partial charge >= 0.3 is 0 Å². The molecule has 1 amide bonds. The molecule has 16 heavy (non-hydrogen) atoms. The molecule has 1 fully saturated rings. The maximum absolute atomic E-state index is 13.6. The van der Waals surface area contributed by atoms with Crippen LogP contribution in [-0.4, -0.2) is 25.5 Å². The maximum atomic E-state index is 13.6. The topological polar surface area (TPSA) is 32.3 Å². The Bertz CT molecular complexity index is 381. The zero-order valence-electron chi connectivity index (χ0n) is 9.08. The molecule has 1 aromatic carbocycles. The average Bonchev–Trinajstić information content (AvgIpc) is 2.26. The molecule has 1 aromatic rings. The lowest BCUT2D eigenvalue weighted by Gasteiger charge is -2.25. The number of carbonyl (C=O) groups is 1. The van der Waals surface area contributed by atoms with Gasteiger partial charge in [0.25, 0.3) is 0 Å². The van der Waals surface area contributed by atoms with E-state index in [0.29, 0.717) is 25.2 Å². The summed E-state index contributed by atoms with van der Waals surface area (Å²) in [6.07, 6.45) is 1.27. The Balaban J connectivity index is 2.22. The SMILES string of the molecule is O=C1CCNCCCN1c1ccccc1F. The third-order valence-electron chi connectivity index (χ3n) is 2.70. The molecule has 2 rings (SSSR count). The van der Waals surface area contributed by atoms with Gasteiger partial charge in [0, 0.05) is 19.5 Å². The van der Waals surface area contributed by atoms with Crippen molar-refractivity contribution in [2.24, 2.45) is 0 Å². The van der Waals surface area contributed by atoms with Crippen LogP contribution in [0.25, 0.3) is 0 Å². The normalized spacial score (nSPS) is 18.1. The third kappa shape index (κ3) is 2.39. The molecular weight excluding hydrogens is 207 g/mol. The fourth-order valence-corrected chi connectivity index (χ4v) is 1.87. The highest BCUT2D eigenvalue weighted by Gasteiger charge is 2.19. The summed E-state index contributed by atoms with van der Waals surface area (Å²) in [6, 6.07) is 6.43. The van der Waals surface area contributed by atoms with Crippen molar-refractivity contribution in [3.63, 3.8) is 0 Å². The van der Waals surface area contributed by atoms with Crippen molar-refractivity contribution >= 4 is 11.6 Å². The van der Waals surface area contributed by atoms with Crippen molar-refractivity contribution in [2.45, 2.75) is 12.8 Å². The second-order valence-electron chi connectivity index (χ2n) is 3.85. The molecule has 0 aliphatic carbocycles. The van der Waals surface area contributed by atoms with E-state index in [-0.39, 0.29) is 11.7 Å². The van der Waals surface area contributed by atoms with E-state index in [1.807, 2.05) is 0 Å². The summed E-state index contributed by atoms with van der Waals surface area (Å²) in [4.78, 5) is 13.4. The summed E-state index contributed by atoms with van der Waals surface area (Å²) in [7, 11) is 0. The molecule has 0 atom stereocenters. The number of carbonyl (C=O) groups excluding carboxylic acids is 1. The second kappa shape index (κ2) is 5.07. The smallest absolute Gasteiger partial charge is 0.228 e. The molecular formula is C12H15FN2O. The number of nitrogens with one attached hydrogen (secondary N) is 1. The molecule has 86 valence electrons. The van der Waals surface area contributed by atoms with Crippen LogP contribution in [0, 0.1) is 5.82 Å². The zero-order chi connectivity index (χ0) is 11.4. The number of hydrogen-bond acceptors (Lipinski definition) is 2. The molecule has 4 heteroatoms. The van der Waals surface area contributed by atoms with Crippen LogP contribution in [0.5, 0.6) is 0 Å². The van der Waals surface area contributed by atoms with Crippen molar-refractivity contribution in [3.8, 4) is 0 Å². The number of rotatable bonds is 1. The summed E-state index contributed by atoms with van der Waals surface area (Å²) in [5, 5.41) is 3.16. The monoisotopic (exact) mass is 222 g/mol. The fourth-order valence-electron chi connectivity index (χ4n) is 1.87. The summed E-state index contributed by atoms with van der Waals surface area (Å²) in [5.41, 5.74) is 0.398. The van der Waals surface area contributed by atoms with E-state index in [1.165, 1.54) is 6.07 Å². The Morgan fingerprint density at radius 3 is 2.88 bits per heavy atom. The van der Waals surface area contributed by atoms with E-state index in [4.69, 9.17) is 0 Å². The first-order valence-corrected chi connectivity index (χ1v) is 5.54. The van der Waals surface area contributed by atoms with Crippen molar-refractivity contribution in [3.05, 3.63) is 30.1 Å². The minimum atomic E-state index is -0.329. The van der Waals surface area contributed by atoms with Crippen molar-refractivity contribution < 1.29 is 9.18 Å². The Kier molecular flexibility index (Phi) is 3.51. The van der Waals surface area contributed by atoms with Gasteiger partial charge in [-0.1, -0.05) is 12.1 Å². The van der Waals surface area contributed by atoms with Gasteiger partial charge in [0.15, 0.2) is 0 Å². The molecule has 0 aromatic heterocycles. The third-order valence-corrected chi connectivity index (χ3v) is 2.70. The second-order valence-corrected chi connectivity index (χ2v) is 3.85. The van der Waals surface area contributed by atoms with Crippen LogP contribution in [0.4, 0.5) is 10.1 Å². The van der Waals surface area contributed by atoms with Gasteiger partial charge in [-0.2, -0.15) is 0 Å². The largest absolute Gasteiger partial charge is 0.316 e. The predicted molar refractivity (Wildman–Crippen MR) is 60.9 cm³/mol. The van der Waals surface area contributed by atoms with Gasteiger partial charge in [0.2, 0.25) is 5.91 Å². The number of amides is 1. The lowest BCUT2D eigenvalue weighted by atomic mass is 10.2. The van der Waals surface area contributed by atoms with Gasteiger partial charge in [0.1, 0.15) is 5.82 Å². The summed E-state index contributed by atoms with van der Waals surface area (Å²) in [5.74, 6) is -0.346. The molecule has 0 radical (unpaired) electrons. The van der Waals surface area contributed by atoms with Crippen LogP contribution < -0.4 is 10.2 Å². The van der Waals surface area contributed by atoms with Crippen LogP contribution in [0.1, 0.15) is 12.8 Å². The predicted octanol–water partition coefficient (Wildman–Crippen LogP) is 1.54. The Morgan fingerprint density at radius 2 is 2.06 bits per heavy atom. The number of hydrogen-bond donors (Lipinski definition) is 1. The molecule has 0 spiro atoms. The lowest BCUT2D eigenvalue weighted by Crippen LogP contribution is -2.38. The van der Waals surface area contributed by atoms with Gasteiger partial charge in [-0.15, -0.1) is 0 Å². The number of nitrogens with zero attached hydrogens (tertiary/aromatic N) is 1. The first kappa shape index (κ1) is 11.1. The van der Waals surface area contributed by atoms with Crippen LogP contribution in [0.3, 0.4) is 0 Å². The molecule has 1 aliphatic heterocycles. The maximum Gasteiger partial charge on any atom is 0.228 e. The molecule has 0 saturated carbocycles. The Morgan fingerprint density at radius 1 is 1.25 bits per heavy atom. The molecule has 1 saturated heterocycles. The van der Waals surface area contributed by atoms with E-state index < -0.39 is 0 Å². The molecule has 1 aliphatic rings. The highest BCUT2D eigenvalue weighted by atomic mass is 19.1. The number of halogens is 1. The van der Waals surface area contributed by atoms with Crippen molar-refractivity contribution in [1.82, 2.24) is 5.32 Å². The number of anilines is 1. The summed E-state index contributed by atoms with van der Waals surface area (Å²) < 4.78 is 13.6. The Labute approximate surface area is 94.3 Å². The highest BCUT2D eigenvalue weighted by molar-refractivity contribution is 5.93. The summed E-state index contributed by atoms with van der Waals surface area (Å²) >= 11 is 0. The van der Waals surface area contributed by atoms with Gasteiger partial charge in [0.05, 0.1) is 5.69 Å². The van der Waals surface area contributed by atoms with E-state index in [1.54, 1.807) is 23.1 Å². The number of para-hydroxylation sites is 1. The summed E-state index contributed by atoms with van der Waals surface area (Å²) in [6.45, 7) is 2.12. The van der Waals surface area contributed by atoms with E-state index in [2.05, 4.69) is 5.32 Å². The van der Waals surface area contributed by atoms with Crippen LogP contribution in [-0.2, 0) is 4.79 Å². The average molecular weight is 222 g/mol. The fraction of sp³-hybridized carbons (Fsp3) is 0.417. The van der Waals surface area contributed by atoms with Crippen LogP contribution in [0.2, 0.25) is 0 Å². The minimum Gasteiger partial charge on any atom is -0.316 e. The van der Waals surface area contributed by atoms with Gasteiger partial charge in [-0.05, 0) is 25.1 Å². The van der Waals surface area contributed by atoms with Gasteiger partial charge < -0.3 is 10.2 Å². The van der Waals surface area contributed by atoms with Gasteiger partial charge in [-0.25, -0.2) is 4.39 Å². The van der Waals surface area contributed by atoms with E-state index >= 15 is 0 Å². The molecule has 1 N–H and O–H groups in total. The quantitative estimate of drug-likeness (QED) is 0.781. The van der Waals surface area contributed by atoms with Gasteiger partial charge in [-0.3, -0.25) is 4.79 Å². The minimum absolute atomic E-state index is 0.0164. The highest BCUT2D eigenvalue weighted by Crippen LogP contribution is 2.20. The van der Waals surface area contributed by atoms with Crippen LogP contribution in [0.15, 0.2) is 24.3 Å². The van der Waals surface area contributed by atoms with Crippen molar-refractivity contribution in [1.29, 1.82) is 0 Å². The van der Waals surface area contributed by atoms with Crippen molar-refractivity contribution in [2.75, 3.05) is 24.5 Å². The molecule has 1 heterocycles. The van der Waals surface area contributed by atoms with Crippen LogP contribution >= 0.6 is 0 Å². The molecule has 0 unspecified atom stereocenters. The zero-order valence-corrected chi connectivity index (χ0v) is 9.08. The first-order valence-electron chi connectivity index (χ1n) is 5.54. The van der Waals surface area contributed by atoms with E-state index in [9.17, 15) is 9.18 Å². The number of benzene rings is 1.